The number of benzene rings is 3. The van der Waals surface area contributed by atoms with Gasteiger partial charge in [0, 0.05) is 29.6 Å². The summed E-state index contributed by atoms with van der Waals surface area (Å²) >= 11 is 6.04. The second kappa shape index (κ2) is 9.38. The van der Waals surface area contributed by atoms with E-state index in [1.807, 2.05) is 59.5 Å². The van der Waals surface area contributed by atoms with Crippen molar-refractivity contribution in [2.24, 2.45) is 0 Å². The third-order valence-corrected chi connectivity index (χ3v) is 6.83. The molecule has 3 aromatic carbocycles. The van der Waals surface area contributed by atoms with Crippen molar-refractivity contribution in [1.29, 1.82) is 0 Å². The predicted octanol–water partition coefficient (Wildman–Crippen LogP) is 6.59. The van der Waals surface area contributed by atoms with Gasteiger partial charge in [0.2, 0.25) is 5.91 Å². The van der Waals surface area contributed by atoms with Gasteiger partial charge in [-0.15, -0.1) is 0 Å². The van der Waals surface area contributed by atoms with Crippen molar-refractivity contribution in [3.05, 3.63) is 89.2 Å². The first-order valence-corrected chi connectivity index (χ1v) is 12.4. The van der Waals surface area contributed by atoms with Crippen LogP contribution in [0.1, 0.15) is 44.5 Å². The lowest BCUT2D eigenvalue weighted by molar-refractivity contribution is -0.117. The number of nitrogens with zero attached hydrogens (tertiary/aromatic N) is 3. The molecule has 0 aliphatic carbocycles. The highest BCUT2D eigenvalue weighted by Gasteiger charge is 2.34. The molecule has 0 bridgehead atoms. The Hall–Kier alpha value is -3.31. The summed E-state index contributed by atoms with van der Waals surface area (Å²) < 4.78 is 8.51. The van der Waals surface area contributed by atoms with Crippen LogP contribution in [0.3, 0.4) is 0 Å². The highest BCUT2D eigenvalue weighted by molar-refractivity contribution is 6.30. The SMILES string of the molecule is CC(C)(C)c1ccccc1OCCn1c(C2CC(=O)N(c3ccc(Cl)cc3)C2)nc2ccccc21. The molecule has 0 radical (unpaired) electrons. The van der Waals surface area contributed by atoms with E-state index in [9.17, 15) is 4.79 Å². The van der Waals surface area contributed by atoms with Crippen LogP contribution in [0.15, 0.2) is 72.8 Å². The summed E-state index contributed by atoms with van der Waals surface area (Å²) in [7, 11) is 0. The molecule has 1 aliphatic heterocycles. The number of hydrogen-bond acceptors (Lipinski definition) is 3. The average molecular weight is 488 g/mol. The summed E-state index contributed by atoms with van der Waals surface area (Å²) in [6.07, 6.45) is 0.430. The van der Waals surface area contributed by atoms with Gasteiger partial charge in [-0.2, -0.15) is 0 Å². The number of aromatic nitrogens is 2. The maximum absolute atomic E-state index is 12.9. The van der Waals surface area contributed by atoms with E-state index < -0.39 is 0 Å². The Labute approximate surface area is 211 Å². The highest BCUT2D eigenvalue weighted by Crippen LogP contribution is 2.34. The van der Waals surface area contributed by atoms with Gasteiger partial charge in [-0.1, -0.05) is 62.7 Å². The van der Waals surface area contributed by atoms with Crippen molar-refractivity contribution >= 4 is 34.2 Å². The molecular formula is C29H30ClN3O2. The molecule has 180 valence electrons. The fraction of sp³-hybridized carbons (Fsp3) is 0.310. The van der Waals surface area contributed by atoms with E-state index in [1.165, 1.54) is 5.56 Å². The van der Waals surface area contributed by atoms with Crippen molar-refractivity contribution in [2.45, 2.75) is 45.1 Å². The number of halogens is 1. The number of imidazole rings is 1. The molecule has 5 nitrogen and oxygen atoms in total. The first-order chi connectivity index (χ1) is 16.8. The molecule has 0 N–H and O–H groups in total. The molecule has 2 heterocycles. The first-order valence-electron chi connectivity index (χ1n) is 12.0. The van der Waals surface area contributed by atoms with E-state index in [-0.39, 0.29) is 17.2 Å². The molecule has 0 spiro atoms. The number of carbonyl (C=O) groups excluding carboxylic acids is 1. The number of ether oxygens (including phenoxy) is 1. The summed E-state index contributed by atoms with van der Waals surface area (Å²) in [4.78, 5) is 19.7. The maximum Gasteiger partial charge on any atom is 0.227 e. The molecule has 0 saturated carbocycles. The lowest BCUT2D eigenvalue weighted by atomic mass is 9.86. The molecule has 4 aromatic rings. The third kappa shape index (κ3) is 4.78. The van der Waals surface area contributed by atoms with Crippen LogP contribution in [0.25, 0.3) is 11.0 Å². The van der Waals surface area contributed by atoms with Gasteiger partial charge in [-0.3, -0.25) is 4.79 Å². The molecule has 1 fully saturated rings. The van der Waals surface area contributed by atoms with Crippen LogP contribution in [-0.4, -0.2) is 28.6 Å². The fourth-order valence-corrected chi connectivity index (χ4v) is 4.98. The first kappa shape index (κ1) is 23.4. The number of para-hydroxylation sites is 3. The van der Waals surface area contributed by atoms with E-state index in [2.05, 4.69) is 43.5 Å². The Bertz CT molecular complexity index is 1350. The van der Waals surface area contributed by atoms with Crippen LogP contribution in [0.2, 0.25) is 5.02 Å². The van der Waals surface area contributed by atoms with E-state index in [4.69, 9.17) is 21.3 Å². The van der Waals surface area contributed by atoms with Crippen LogP contribution in [-0.2, 0) is 16.8 Å². The monoisotopic (exact) mass is 487 g/mol. The van der Waals surface area contributed by atoms with Gasteiger partial charge in [0.1, 0.15) is 18.2 Å². The second-order valence-electron chi connectivity index (χ2n) is 10.1. The summed E-state index contributed by atoms with van der Waals surface area (Å²) in [5, 5.41) is 0.659. The topological polar surface area (TPSA) is 47.4 Å². The Kier molecular flexibility index (Phi) is 6.28. The fourth-order valence-electron chi connectivity index (χ4n) is 4.85. The van der Waals surface area contributed by atoms with Crippen LogP contribution >= 0.6 is 11.6 Å². The van der Waals surface area contributed by atoms with Crippen molar-refractivity contribution in [3.8, 4) is 5.75 Å². The summed E-state index contributed by atoms with van der Waals surface area (Å²) in [5.41, 5.74) is 4.06. The van der Waals surface area contributed by atoms with E-state index in [0.29, 0.717) is 31.1 Å². The van der Waals surface area contributed by atoms with E-state index in [0.717, 1.165) is 28.3 Å². The lowest BCUT2D eigenvalue weighted by Gasteiger charge is -2.23. The quantitative estimate of drug-likeness (QED) is 0.308. The van der Waals surface area contributed by atoms with Crippen molar-refractivity contribution in [2.75, 3.05) is 18.1 Å². The molecule has 1 saturated heterocycles. The van der Waals surface area contributed by atoms with Gasteiger partial charge in [-0.05, 0) is 53.4 Å². The van der Waals surface area contributed by atoms with Gasteiger partial charge >= 0.3 is 0 Å². The van der Waals surface area contributed by atoms with Crippen molar-refractivity contribution in [3.63, 3.8) is 0 Å². The van der Waals surface area contributed by atoms with Crippen LogP contribution in [0, 0.1) is 0 Å². The largest absolute Gasteiger partial charge is 0.491 e. The molecule has 35 heavy (non-hydrogen) atoms. The van der Waals surface area contributed by atoms with Crippen molar-refractivity contribution < 1.29 is 9.53 Å². The minimum atomic E-state index is -0.00120. The molecule has 1 aliphatic rings. The van der Waals surface area contributed by atoms with Gasteiger partial charge < -0.3 is 14.2 Å². The van der Waals surface area contributed by atoms with Crippen molar-refractivity contribution in [1.82, 2.24) is 9.55 Å². The van der Waals surface area contributed by atoms with Crippen LogP contribution in [0.5, 0.6) is 5.75 Å². The molecule has 1 unspecified atom stereocenters. The number of fused-ring (bicyclic) bond motifs is 1. The standard InChI is InChI=1S/C29H30ClN3O2/c1-29(2,3)23-8-4-7-11-26(23)35-17-16-32-25-10-6-5-9-24(25)31-28(32)20-18-27(34)33(19-20)22-14-12-21(30)13-15-22/h4-15,20H,16-19H2,1-3H3. The number of carbonyl (C=O) groups is 1. The average Bonchev–Trinajstić information content (AvgIpc) is 3.40. The summed E-state index contributed by atoms with van der Waals surface area (Å²) in [5.74, 6) is 1.96. The predicted molar refractivity (Wildman–Crippen MR) is 142 cm³/mol. The zero-order valence-corrected chi connectivity index (χ0v) is 21.1. The molecular weight excluding hydrogens is 458 g/mol. The summed E-state index contributed by atoms with van der Waals surface area (Å²) in [6, 6.07) is 23.8. The molecule has 6 heteroatoms. The zero-order chi connectivity index (χ0) is 24.6. The molecule has 1 amide bonds. The van der Waals surface area contributed by atoms with Crippen LogP contribution in [0.4, 0.5) is 5.69 Å². The second-order valence-corrected chi connectivity index (χ2v) is 10.5. The molecule has 1 aromatic heterocycles. The summed E-state index contributed by atoms with van der Waals surface area (Å²) in [6.45, 7) is 8.35. The minimum Gasteiger partial charge on any atom is -0.491 e. The Morgan fingerprint density at radius 3 is 2.49 bits per heavy atom. The van der Waals surface area contributed by atoms with E-state index in [1.54, 1.807) is 0 Å². The lowest BCUT2D eigenvalue weighted by Crippen LogP contribution is -2.24. The zero-order valence-electron chi connectivity index (χ0n) is 20.4. The Morgan fingerprint density at radius 1 is 1.00 bits per heavy atom. The third-order valence-electron chi connectivity index (χ3n) is 6.58. The van der Waals surface area contributed by atoms with E-state index >= 15 is 0 Å². The smallest absolute Gasteiger partial charge is 0.227 e. The van der Waals surface area contributed by atoms with Gasteiger partial charge in [0.15, 0.2) is 0 Å². The maximum atomic E-state index is 12.9. The van der Waals surface area contributed by atoms with Gasteiger partial charge in [0.25, 0.3) is 0 Å². The Balaban J connectivity index is 1.40. The molecule has 1 atom stereocenters. The van der Waals surface area contributed by atoms with Crippen LogP contribution < -0.4 is 9.64 Å². The van der Waals surface area contributed by atoms with Gasteiger partial charge in [0.05, 0.1) is 17.6 Å². The number of rotatable bonds is 6. The Morgan fingerprint density at radius 2 is 1.71 bits per heavy atom. The molecule has 5 rings (SSSR count). The number of anilines is 1. The highest BCUT2D eigenvalue weighted by atomic mass is 35.5. The van der Waals surface area contributed by atoms with Gasteiger partial charge in [-0.25, -0.2) is 4.98 Å². The normalized spacial score (nSPS) is 16.3. The minimum absolute atomic E-state index is 0.00120. The number of amides is 1. The number of hydrogen-bond donors (Lipinski definition) is 0.